The highest BCUT2D eigenvalue weighted by Crippen LogP contribution is 2.30. The topological polar surface area (TPSA) is 81.7 Å². The Morgan fingerprint density at radius 2 is 1.71 bits per heavy atom. The lowest BCUT2D eigenvalue weighted by Gasteiger charge is -2.30. The molecule has 5 rings (SSSR count). The standard InChI is InChI=1S/C23H23F2N5O3S/c1-34(31,32)28-11-9-19(10-12-28)33-22-4-2-3-21-26-14-20(30(21)22)17-7-5-16(6-8-17)18-13-27-29(15-18)23(24)25/h2-8,13-15,19,23H,9-12H2,1H3. The normalized spacial score (nSPS) is 15.9. The molecular formula is C23H23F2N5O3S. The van der Waals surface area contributed by atoms with Crippen molar-refractivity contribution in [1.29, 1.82) is 0 Å². The van der Waals surface area contributed by atoms with E-state index in [-0.39, 0.29) is 6.10 Å². The number of rotatable bonds is 6. The van der Waals surface area contributed by atoms with Gasteiger partial charge in [0.15, 0.2) is 5.88 Å². The molecule has 0 amide bonds. The van der Waals surface area contributed by atoms with E-state index in [0.717, 1.165) is 22.5 Å². The van der Waals surface area contributed by atoms with Crippen LogP contribution in [0.2, 0.25) is 0 Å². The van der Waals surface area contributed by atoms with Gasteiger partial charge in [0.05, 0.1) is 24.3 Å². The van der Waals surface area contributed by atoms with E-state index in [1.807, 2.05) is 46.9 Å². The number of halogens is 2. The number of hydrogen-bond donors (Lipinski definition) is 0. The molecule has 0 radical (unpaired) electrons. The van der Waals surface area contributed by atoms with Crippen LogP contribution < -0.4 is 4.74 Å². The molecule has 1 aromatic carbocycles. The number of benzene rings is 1. The zero-order valence-corrected chi connectivity index (χ0v) is 19.2. The highest BCUT2D eigenvalue weighted by Gasteiger charge is 2.26. The molecule has 4 aromatic rings. The quantitative estimate of drug-likeness (QED) is 0.410. The first-order valence-corrected chi connectivity index (χ1v) is 12.7. The lowest BCUT2D eigenvalue weighted by Crippen LogP contribution is -2.41. The third kappa shape index (κ3) is 4.40. The van der Waals surface area contributed by atoms with Crippen LogP contribution >= 0.6 is 0 Å². The van der Waals surface area contributed by atoms with Crippen molar-refractivity contribution in [2.75, 3.05) is 19.3 Å². The Kier molecular flexibility index (Phi) is 5.82. The molecule has 3 aromatic heterocycles. The summed E-state index contributed by atoms with van der Waals surface area (Å²) in [4.78, 5) is 4.50. The summed E-state index contributed by atoms with van der Waals surface area (Å²) >= 11 is 0. The first kappa shape index (κ1) is 22.5. The zero-order valence-electron chi connectivity index (χ0n) is 18.4. The number of aromatic nitrogens is 4. The van der Waals surface area contributed by atoms with Gasteiger partial charge in [0.2, 0.25) is 10.0 Å². The molecule has 0 spiro atoms. The molecule has 0 N–H and O–H groups in total. The van der Waals surface area contributed by atoms with Crippen LogP contribution in [0, 0.1) is 0 Å². The number of fused-ring (bicyclic) bond motifs is 1. The summed E-state index contributed by atoms with van der Waals surface area (Å²) in [7, 11) is -3.20. The number of pyridine rings is 1. The Morgan fingerprint density at radius 3 is 2.35 bits per heavy atom. The monoisotopic (exact) mass is 487 g/mol. The molecule has 1 aliphatic heterocycles. The van der Waals surface area contributed by atoms with Crippen molar-refractivity contribution in [3.8, 4) is 28.3 Å². The van der Waals surface area contributed by atoms with Crippen molar-refractivity contribution in [3.05, 3.63) is 61.1 Å². The second-order valence-corrected chi connectivity index (χ2v) is 10.2. The van der Waals surface area contributed by atoms with Gasteiger partial charge >= 0.3 is 6.55 Å². The molecule has 11 heteroatoms. The summed E-state index contributed by atoms with van der Waals surface area (Å²) in [6, 6.07) is 13.1. The number of piperidine rings is 1. The van der Waals surface area contributed by atoms with Crippen molar-refractivity contribution in [2.45, 2.75) is 25.5 Å². The van der Waals surface area contributed by atoms with E-state index < -0.39 is 16.6 Å². The summed E-state index contributed by atoms with van der Waals surface area (Å²) in [5.41, 5.74) is 3.82. The van der Waals surface area contributed by atoms with E-state index in [1.54, 1.807) is 6.20 Å². The Balaban J connectivity index is 1.39. The average Bonchev–Trinajstić information content (AvgIpc) is 3.48. The third-order valence-corrected chi connectivity index (χ3v) is 7.27. The van der Waals surface area contributed by atoms with Crippen LogP contribution in [0.15, 0.2) is 61.1 Å². The fraction of sp³-hybridized carbons (Fsp3) is 0.304. The van der Waals surface area contributed by atoms with Gasteiger partial charge < -0.3 is 4.74 Å². The number of imidazole rings is 1. The molecule has 0 atom stereocenters. The minimum absolute atomic E-state index is 0.104. The molecule has 1 fully saturated rings. The van der Waals surface area contributed by atoms with Gasteiger partial charge in [-0.1, -0.05) is 30.3 Å². The number of ether oxygens (including phenoxy) is 1. The second-order valence-electron chi connectivity index (χ2n) is 8.24. The minimum atomic E-state index is -3.20. The molecule has 4 heterocycles. The highest BCUT2D eigenvalue weighted by molar-refractivity contribution is 7.88. The van der Waals surface area contributed by atoms with Gasteiger partial charge in [0, 0.05) is 30.4 Å². The fourth-order valence-electron chi connectivity index (χ4n) is 4.18. The van der Waals surface area contributed by atoms with Crippen molar-refractivity contribution in [1.82, 2.24) is 23.5 Å². The summed E-state index contributed by atoms with van der Waals surface area (Å²) < 4.78 is 59.5. The molecule has 1 aliphatic rings. The van der Waals surface area contributed by atoms with E-state index >= 15 is 0 Å². The zero-order chi connectivity index (χ0) is 23.9. The summed E-state index contributed by atoms with van der Waals surface area (Å²) in [6.07, 6.45) is 6.82. The van der Waals surface area contributed by atoms with Crippen LogP contribution in [0.3, 0.4) is 0 Å². The Labute approximate surface area is 195 Å². The van der Waals surface area contributed by atoms with Crippen molar-refractivity contribution < 1.29 is 21.9 Å². The molecule has 0 saturated carbocycles. The molecule has 8 nitrogen and oxygen atoms in total. The molecule has 1 saturated heterocycles. The Hall–Kier alpha value is -3.31. The first-order chi connectivity index (χ1) is 16.3. The summed E-state index contributed by atoms with van der Waals surface area (Å²) in [6.45, 7) is -1.82. The number of hydrogen-bond acceptors (Lipinski definition) is 5. The molecule has 0 bridgehead atoms. The highest BCUT2D eigenvalue weighted by atomic mass is 32.2. The number of alkyl halides is 2. The van der Waals surface area contributed by atoms with Crippen molar-refractivity contribution in [2.24, 2.45) is 0 Å². The van der Waals surface area contributed by atoms with E-state index in [1.165, 1.54) is 23.0 Å². The lowest BCUT2D eigenvalue weighted by molar-refractivity contribution is 0.0566. The maximum absolute atomic E-state index is 12.8. The predicted molar refractivity (Wildman–Crippen MR) is 123 cm³/mol. The van der Waals surface area contributed by atoms with Gasteiger partial charge in [-0.25, -0.2) is 22.4 Å². The molecule has 178 valence electrons. The van der Waals surface area contributed by atoms with Crippen molar-refractivity contribution >= 4 is 15.7 Å². The molecular weight excluding hydrogens is 464 g/mol. The van der Waals surface area contributed by atoms with Crippen LogP contribution in [0.5, 0.6) is 5.88 Å². The van der Waals surface area contributed by atoms with E-state index in [9.17, 15) is 17.2 Å². The number of nitrogens with zero attached hydrogens (tertiary/aromatic N) is 5. The molecule has 0 aliphatic carbocycles. The maximum Gasteiger partial charge on any atom is 0.333 e. The van der Waals surface area contributed by atoms with E-state index in [4.69, 9.17) is 4.74 Å². The maximum atomic E-state index is 12.8. The minimum Gasteiger partial charge on any atom is -0.475 e. The van der Waals surface area contributed by atoms with Crippen molar-refractivity contribution in [3.63, 3.8) is 0 Å². The van der Waals surface area contributed by atoms with Gasteiger partial charge in [-0.2, -0.15) is 13.9 Å². The van der Waals surface area contributed by atoms with Gasteiger partial charge in [-0.3, -0.25) is 4.40 Å². The summed E-state index contributed by atoms with van der Waals surface area (Å²) in [5.74, 6) is 0.630. The van der Waals surface area contributed by atoms with E-state index in [0.29, 0.717) is 42.1 Å². The van der Waals surface area contributed by atoms with E-state index in [2.05, 4.69) is 10.1 Å². The van der Waals surface area contributed by atoms with Crippen LogP contribution in [-0.2, 0) is 10.0 Å². The summed E-state index contributed by atoms with van der Waals surface area (Å²) in [5, 5.41) is 3.69. The smallest absolute Gasteiger partial charge is 0.333 e. The SMILES string of the molecule is CS(=O)(=O)N1CCC(Oc2cccc3ncc(-c4ccc(-c5cnn(C(F)F)c5)cc4)n23)CC1. The Bertz CT molecular complexity index is 1410. The second kappa shape index (κ2) is 8.80. The van der Waals surface area contributed by atoms with Gasteiger partial charge in [-0.15, -0.1) is 0 Å². The predicted octanol–water partition coefficient (Wildman–Crippen LogP) is 4.06. The average molecular weight is 488 g/mol. The Morgan fingerprint density at radius 1 is 1.00 bits per heavy atom. The van der Waals surface area contributed by atoms with Crippen LogP contribution in [0.25, 0.3) is 28.0 Å². The third-order valence-electron chi connectivity index (χ3n) is 5.97. The fourth-order valence-corrected chi connectivity index (χ4v) is 5.06. The van der Waals surface area contributed by atoms with Gasteiger partial charge in [0.25, 0.3) is 0 Å². The number of sulfonamides is 1. The van der Waals surface area contributed by atoms with Crippen LogP contribution in [0.1, 0.15) is 19.4 Å². The molecule has 0 unspecified atom stereocenters. The molecule has 34 heavy (non-hydrogen) atoms. The first-order valence-electron chi connectivity index (χ1n) is 10.8. The largest absolute Gasteiger partial charge is 0.475 e. The van der Waals surface area contributed by atoms with Gasteiger partial charge in [-0.05, 0) is 30.5 Å². The lowest BCUT2D eigenvalue weighted by atomic mass is 10.1. The van der Waals surface area contributed by atoms with Crippen LogP contribution in [0.4, 0.5) is 8.78 Å². The van der Waals surface area contributed by atoms with Crippen LogP contribution in [-0.4, -0.2) is 57.3 Å². The van der Waals surface area contributed by atoms with Gasteiger partial charge in [0.1, 0.15) is 11.8 Å².